The molecule has 0 radical (unpaired) electrons. The zero-order valence-corrected chi connectivity index (χ0v) is 17.2. The molecule has 1 N–H and O–H groups in total. The third-order valence-corrected chi connectivity index (χ3v) is 5.50. The lowest BCUT2D eigenvalue weighted by Gasteiger charge is -2.11. The summed E-state index contributed by atoms with van der Waals surface area (Å²) in [6, 6.07) is 28.8. The van der Waals surface area contributed by atoms with E-state index in [-0.39, 0.29) is 0 Å². The number of hydrazone groups is 1. The summed E-state index contributed by atoms with van der Waals surface area (Å²) in [4.78, 5) is 8.02. The number of anilines is 2. The van der Waals surface area contributed by atoms with Crippen molar-refractivity contribution < 1.29 is 0 Å². The molecule has 0 aliphatic rings. The van der Waals surface area contributed by atoms with Crippen LogP contribution in [0.4, 0.5) is 10.8 Å². The molecular weight excluding hydrogens is 376 g/mol. The second-order valence-corrected chi connectivity index (χ2v) is 7.78. The lowest BCUT2D eigenvalue weighted by atomic mass is 10.1. The number of benzene rings is 3. The molecule has 0 spiro atoms. The molecule has 4 rings (SSSR count). The summed E-state index contributed by atoms with van der Waals surface area (Å²) in [5, 5.41) is 5.15. The Balaban J connectivity index is 1.59. The van der Waals surface area contributed by atoms with Crippen molar-refractivity contribution in [1.82, 2.24) is 4.98 Å². The summed E-state index contributed by atoms with van der Waals surface area (Å²) < 4.78 is 0. The van der Waals surface area contributed by atoms with Gasteiger partial charge in [-0.1, -0.05) is 84.1 Å². The lowest BCUT2D eigenvalue weighted by molar-refractivity contribution is 1.13. The topological polar surface area (TPSA) is 40.5 Å². The highest BCUT2D eigenvalue weighted by Gasteiger charge is 2.14. The Bertz CT molecular complexity index is 1030. The molecule has 0 unspecified atom stereocenters. The Hall–Kier alpha value is -3.44. The van der Waals surface area contributed by atoms with Crippen molar-refractivity contribution in [3.63, 3.8) is 0 Å². The summed E-state index contributed by atoms with van der Waals surface area (Å²) >= 11 is 1.61. The molecule has 144 valence electrons. The quantitative estimate of drug-likeness (QED) is 0.320. The van der Waals surface area contributed by atoms with Crippen LogP contribution in [0.3, 0.4) is 0 Å². The Morgan fingerprint density at radius 3 is 2.07 bits per heavy atom. The van der Waals surface area contributed by atoms with Crippen LogP contribution in [0.15, 0.2) is 90.0 Å². The third kappa shape index (κ3) is 4.52. The van der Waals surface area contributed by atoms with Crippen molar-refractivity contribution in [1.29, 1.82) is 0 Å². The van der Waals surface area contributed by atoms with E-state index in [0.29, 0.717) is 0 Å². The van der Waals surface area contributed by atoms with Crippen LogP contribution in [-0.2, 0) is 0 Å². The van der Waals surface area contributed by atoms with Gasteiger partial charge in [-0.2, -0.15) is 5.10 Å². The van der Waals surface area contributed by atoms with Gasteiger partial charge in [-0.15, -0.1) is 0 Å². The molecule has 4 nitrogen and oxygen atoms in total. The fourth-order valence-corrected chi connectivity index (χ4v) is 3.91. The predicted octanol–water partition coefficient (Wildman–Crippen LogP) is 5.99. The summed E-state index contributed by atoms with van der Waals surface area (Å²) in [6.07, 6.45) is 1.81. The predicted molar refractivity (Wildman–Crippen MR) is 125 cm³/mol. The average Bonchev–Trinajstić information content (AvgIpc) is 3.20. The molecule has 0 amide bonds. The van der Waals surface area contributed by atoms with Gasteiger partial charge in [0, 0.05) is 25.3 Å². The number of hydrogen-bond acceptors (Lipinski definition) is 5. The van der Waals surface area contributed by atoms with Gasteiger partial charge in [-0.25, -0.2) is 4.98 Å². The highest BCUT2D eigenvalue weighted by molar-refractivity contribution is 7.19. The minimum absolute atomic E-state index is 0.767. The fourth-order valence-electron chi connectivity index (χ4n) is 2.97. The van der Waals surface area contributed by atoms with Crippen LogP contribution in [0.5, 0.6) is 0 Å². The minimum Gasteiger partial charge on any atom is -0.378 e. The number of rotatable bonds is 6. The highest BCUT2D eigenvalue weighted by Crippen LogP contribution is 2.38. The van der Waals surface area contributed by atoms with Crippen molar-refractivity contribution >= 4 is 28.4 Å². The van der Waals surface area contributed by atoms with Crippen molar-refractivity contribution in [3.05, 3.63) is 90.5 Å². The van der Waals surface area contributed by atoms with E-state index in [1.54, 1.807) is 11.3 Å². The molecule has 1 heterocycles. The molecular formula is C24H22N4S. The highest BCUT2D eigenvalue weighted by atomic mass is 32.1. The Labute approximate surface area is 175 Å². The van der Waals surface area contributed by atoms with Crippen molar-refractivity contribution in [2.75, 3.05) is 24.4 Å². The number of thiazole rings is 1. The molecule has 0 saturated carbocycles. The van der Waals surface area contributed by atoms with E-state index in [9.17, 15) is 0 Å². The fraction of sp³-hybridized carbons (Fsp3) is 0.0833. The molecule has 5 heteroatoms. The summed E-state index contributed by atoms with van der Waals surface area (Å²) in [6.45, 7) is 0. The van der Waals surface area contributed by atoms with E-state index in [1.165, 1.54) is 0 Å². The van der Waals surface area contributed by atoms with Crippen LogP contribution in [0.25, 0.3) is 21.7 Å². The first kappa shape index (κ1) is 18.9. The molecule has 29 heavy (non-hydrogen) atoms. The summed E-state index contributed by atoms with van der Waals surface area (Å²) in [5.41, 5.74) is 8.51. The Morgan fingerprint density at radius 2 is 1.45 bits per heavy atom. The molecule has 0 saturated heterocycles. The molecule has 0 aliphatic carbocycles. The largest absolute Gasteiger partial charge is 0.378 e. The maximum Gasteiger partial charge on any atom is 0.204 e. The van der Waals surface area contributed by atoms with Gasteiger partial charge in [0.15, 0.2) is 0 Å². The van der Waals surface area contributed by atoms with E-state index in [0.717, 1.165) is 38.1 Å². The van der Waals surface area contributed by atoms with Crippen molar-refractivity contribution in [2.45, 2.75) is 0 Å². The van der Waals surface area contributed by atoms with Gasteiger partial charge < -0.3 is 4.90 Å². The number of nitrogens with one attached hydrogen (secondary N) is 1. The van der Waals surface area contributed by atoms with Crippen molar-refractivity contribution in [2.24, 2.45) is 5.10 Å². The van der Waals surface area contributed by atoms with Crippen molar-refractivity contribution in [3.8, 4) is 21.7 Å². The van der Waals surface area contributed by atoms with Crippen LogP contribution in [0.1, 0.15) is 5.56 Å². The number of nitrogens with zero attached hydrogens (tertiary/aromatic N) is 3. The normalized spacial score (nSPS) is 11.0. The first-order valence-electron chi connectivity index (χ1n) is 9.39. The third-order valence-electron chi connectivity index (χ3n) is 4.49. The first-order valence-corrected chi connectivity index (χ1v) is 10.2. The molecule has 1 aromatic heterocycles. The number of hydrogen-bond donors (Lipinski definition) is 1. The lowest BCUT2D eigenvalue weighted by Crippen LogP contribution is -2.08. The maximum absolute atomic E-state index is 4.81. The Kier molecular flexibility index (Phi) is 5.68. The summed E-state index contributed by atoms with van der Waals surface area (Å²) in [5.74, 6) is 0. The van der Waals surface area contributed by atoms with Gasteiger partial charge in [0.05, 0.1) is 16.8 Å². The molecule has 0 aliphatic heterocycles. The van der Waals surface area contributed by atoms with Gasteiger partial charge in [0.1, 0.15) is 0 Å². The van der Waals surface area contributed by atoms with Crippen LogP contribution < -0.4 is 10.3 Å². The molecule has 3 aromatic carbocycles. The van der Waals surface area contributed by atoms with E-state index in [1.807, 2.05) is 68.8 Å². The van der Waals surface area contributed by atoms with E-state index in [2.05, 4.69) is 51.8 Å². The smallest absolute Gasteiger partial charge is 0.204 e. The van der Waals surface area contributed by atoms with Gasteiger partial charge in [-0.3, -0.25) is 5.43 Å². The minimum atomic E-state index is 0.767. The van der Waals surface area contributed by atoms with Gasteiger partial charge >= 0.3 is 0 Å². The number of aromatic nitrogens is 1. The maximum atomic E-state index is 4.81. The second-order valence-electron chi connectivity index (χ2n) is 6.78. The van der Waals surface area contributed by atoms with Crippen LogP contribution in [0, 0.1) is 0 Å². The van der Waals surface area contributed by atoms with Gasteiger partial charge in [0.25, 0.3) is 0 Å². The SMILES string of the molecule is CN(C)c1ccc(/C=N/Nc2nc(-c3ccccc3)c(-c3ccccc3)s2)cc1. The molecule has 4 aromatic rings. The van der Waals surface area contributed by atoms with E-state index >= 15 is 0 Å². The second kappa shape index (κ2) is 8.71. The van der Waals surface area contributed by atoms with Crippen LogP contribution >= 0.6 is 11.3 Å². The zero-order chi connectivity index (χ0) is 20.1. The monoisotopic (exact) mass is 398 g/mol. The van der Waals surface area contributed by atoms with E-state index < -0.39 is 0 Å². The van der Waals surface area contributed by atoms with Crippen LogP contribution in [0.2, 0.25) is 0 Å². The summed E-state index contributed by atoms with van der Waals surface area (Å²) in [7, 11) is 4.06. The molecule has 0 bridgehead atoms. The van der Waals surface area contributed by atoms with E-state index in [4.69, 9.17) is 4.98 Å². The van der Waals surface area contributed by atoms with Crippen LogP contribution in [-0.4, -0.2) is 25.3 Å². The first-order chi connectivity index (χ1) is 14.2. The zero-order valence-electron chi connectivity index (χ0n) is 16.4. The van der Waals surface area contributed by atoms with Gasteiger partial charge in [-0.05, 0) is 23.3 Å². The Morgan fingerprint density at radius 1 is 0.828 bits per heavy atom. The molecule has 0 atom stereocenters. The average molecular weight is 399 g/mol. The molecule has 0 fully saturated rings. The standard InChI is InChI=1S/C24H22N4S/c1-28(2)21-15-13-18(14-16-21)17-25-27-24-26-22(19-9-5-3-6-10-19)23(29-24)20-11-7-4-8-12-20/h3-17H,1-2H3,(H,26,27)/b25-17+. The van der Waals surface area contributed by atoms with Gasteiger partial charge in [0.2, 0.25) is 5.13 Å².